The minimum atomic E-state index is -0.815. The fourth-order valence-corrected chi connectivity index (χ4v) is 4.00. The summed E-state index contributed by atoms with van der Waals surface area (Å²) in [7, 11) is 0. The van der Waals surface area contributed by atoms with Gasteiger partial charge < -0.3 is 10.2 Å². The van der Waals surface area contributed by atoms with E-state index in [-0.39, 0.29) is 24.4 Å². The number of halogens is 1. The summed E-state index contributed by atoms with van der Waals surface area (Å²) in [6, 6.07) is 13.9. The first-order valence-corrected chi connectivity index (χ1v) is 11.3. The molecule has 2 amide bonds. The third-order valence-electron chi connectivity index (χ3n) is 6.01. The second-order valence-corrected chi connectivity index (χ2v) is 9.33. The number of nitrogens with one attached hydrogen (secondary N) is 1. The van der Waals surface area contributed by atoms with Crippen LogP contribution < -0.4 is 5.32 Å². The van der Waals surface area contributed by atoms with Gasteiger partial charge >= 0.3 is 0 Å². The molecule has 3 aromatic rings. The number of benzene rings is 2. The van der Waals surface area contributed by atoms with Crippen molar-refractivity contribution in [3.05, 3.63) is 59.1 Å². The van der Waals surface area contributed by atoms with Gasteiger partial charge in [-0.25, -0.2) is 4.68 Å². The maximum Gasteiger partial charge on any atom is 0.247 e. The fourth-order valence-electron chi connectivity index (χ4n) is 3.76. The summed E-state index contributed by atoms with van der Waals surface area (Å²) in [5.74, 6) is -0.411. The highest BCUT2D eigenvalue weighted by Gasteiger charge is 2.43. The Morgan fingerprint density at radius 3 is 2.56 bits per heavy atom. The highest BCUT2D eigenvalue weighted by molar-refractivity contribution is 6.31. The smallest absolute Gasteiger partial charge is 0.247 e. The molecule has 0 aliphatic heterocycles. The predicted molar refractivity (Wildman–Crippen MR) is 124 cm³/mol. The van der Waals surface area contributed by atoms with E-state index in [1.165, 1.54) is 0 Å². The molecule has 1 aliphatic rings. The van der Waals surface area contributed by atoms with Gasteiger partial charge in [0.25, 0.3) is 0 Å². The van der Waals surface area contributed by atoms with Crippen LogP contribution in [0.15, 0.2) is 48.5 Å². The minimum Gasteiger partial charge on any atom is -0.349 e. The molecule has 0 saturated heterocycles. The van der Waals surface area contributed by atoms with Gasteiger partial charge in [0.1, 0.15) is 18.1 Å². The lowest BCUT2D eigenvalue weighted by Gasteiger charge is -2.35. The number of fused-ring (bicyclic) bond motifs is 1. The van der Waals surface area contributed by atoms with Gasteiger partial charge in [0, 0.05) is 22.2 Å². The van der Waals surface area contributed by atoms with Crippen molar-refractivity contribution in [2.45, 2.75) is 64.2 Å². The van der Waals surface area contributed by atoms with Gasteiger partial charge in [0.15, 0.2) is 0 Å². The molecule has 32 heavy (non-hydrogen) atoms. The molecule has 8 heteroatoms. The molecule has 1 heterocycles. The zero-order valence-corrected chi connectivity index (χ0v) is 19.3. The Morgan fingerprint density at radius 1 is 1.19 bits per heavy atom. The molecular weight excluding hydrogens is 426 g/mol. The van der Waals surface area contributed by atoms with E-state index in [2.05, 4.69) is 15.6 Å². The van der Waals surface area contributed by atoms with E-state index in [1.54, 1.807) is 15.6 Å². The topological polar surface area (TPSA) is 80.1 Å². The molecule has 0 spiro atoms. The number of nitrogens with zero attached hydrogens (tertiary/aromatic N) is 4. The number of carbonyl (C=O) groups excluding carboxylic acids is 2. The molecule has 1 aromatic heterocycles. The molecule has 0 radical (unpaired) electrons. The van der Waals surface area contributed by atoms with Crippen molar-refractivity contribution in [3.8, 4) is 0 Å². The number of hydrogen-bond donors (Lipinski definition) is 1. The Kier molecular flexibility index (Phi) is 6.20. The molecule has 1 N–H and O–H groups in total. The average Bonchev–Trinajstić information content (AvgIpc) is 3.53. The SMILES string of the molecule is CCC(C)(C)NC(=O)C(c1ccccc1Cl)N(C(=O)Cn1nnc2ccccc21)C1CC1. The molecule has 1 fully saturated rings. The summed E-state index contributed by atoms with van der Waals surface area (Å²) >= 11 is 6.52. The van der Waals surface area contributed by atoms with Crippen LogP contribution in [0.5, 0.6) is 0 Å². The number of rotatable bonds is 8. The van der Waals surface area contributed by atoms with Gasteiger partial charge in [-0.3, -0.25) is 9.59 Å². The van der Waals surface area contributed by atoms with Gasteiger partial charge in [-0.2, -0.15) is 0 Å². The molecule has 168 valence electrons. The van der Waals surface area contributed by atoms with Crippen molar-refractivity contribution in [1.29, 1.82) is 0 Å². The zero-order valence-electron chi connectivity index (χ0n) is 18.6. The van der Waals surface area contributed by atoms with Crippen LogP contribution in [0, 0.1) is 0 Å². The van der Waals surface area contributed by atoms with Crippen LogP contribution in [-0.4, -0.2) is 43.3 Å². The van der Waals surface area contributed by atoms with Crippen molar-refractivity contribution in [2.75, 3.05) is 0 Å². The first-order chi connectivity index (χ1) is 15.3. The van der Waals surface area contributed by atoms with Crippen molar-refractivity contribution in [3.63, 3.8) is 0 Å². The lowest BCUT2D eigenvalue weighted by Crippen LogP contribution is -2.51. The summed E-state index contributed by atoms with van der Waals surface area (Å²) in [5.41, 5.74) is 1.73. The van der Waals surface area contributed by atoms with E-state index in [9.17, 15) is 9.59 Å². The number of hydrogen-bond acceptors (Lipinski definition) is 4. The summed E-state index contributed by atoms with van der Waals surface area (Å²) in [5, 5.41) is 11.9. The summed E-state index contributed by atoms with van der Waals surface area (Å²) < 4.78 is 1.59. The number of carbonyl (C=O) groups is 2. The lowest BCUT2D eigenvalue weighted by molar-refractivity contribution is -0.143. The molecule has 2 aromatic carbocycles. The lowest BCUT2D eigenvalue weighted by atomic mass is 9.98. The first kappa shape index (κ1) is 22.3. The third kappa shape index (κ3) is 4.63. The normalized spacial score (nSPS) is 14.9. The third-order valence-corrected chi connectivity index (χ3v) is 6.35. The second-order valence-electron chi connectivity index (χ2n) is 8.92. The van der Waals surface area contributed by atoms with Crippen molar-refractivity contribution in [2.24, 2.45) is 0 Å². The maximum absolute atomic E-state index is 13.6. The van der Waals surface area contributed by atoms with Crippen LogP contribution in [0.25, 0.3) is 11.0 Å². The number of para-hydroxylation sites is 1. The Bertz CT molecular complexity index is 1140. The van der Waals surface area contributed by atoms with Crippen LogP contribution in [0.2, 0.25) is 5.02 Å². The van der Waals surface area contributed by atoms with Gasteiger partial charge in [-0.1, -0.05) is 54.1 Å². The predicted octanol–water partition coefficient (Wildman–Crippen LogP) is 4.12. The number of aromatic nitrogens is 3. The highest BCUT2D eigenvalue weighted by Crippen LogP contribution is 2.37. The maximum atomic E-state index is 13.6. The highest BCUT2D eigenvalue weighted by atomic mass is 35.5. The fraction of sp³-hybridized carbons (Fsp3) is 0.417. The van der Waals surface area contributed by atoms with Gasteiger partial charge in [-0.05, 0) is 51.3 Å². The van der Waals surface area contributed by atoms with Gasteiger partial charge in [0.05, 0.1) is 5.52 Å². The Labute approximate surface area is 192 Å². The molecule has 1 aliphatic carbocycles. The summed E-state index contributed by atoms with van der Waals surface area (Å²) in [6.45, 7) is 5.96. The first-order valence-electron chi connectivity index (χ1n) is 11.0. The van der Waals surface area contributed by atoms with Gasteiger partial charge in [0.2, 0.25) is 11.8 Å². The van der Waals surface area contributed by atoms with Crippen molar-refractivity contribution >= 4 is 34.4 Å². The minimum absolute atomic E-state index is 0.00240. The molecule has 1 atom stereocenters. The monoisotopic (exact) mass is 453 g/mol. The molecule has 1 saturated carbocycles. The summed E-state index contributed by atoms with van der Waals surface area (Å²) in [6.07, 6.45) is 2.47. The largest absolute Gasteiger partial charge is 0.349 e. The van der Waals surface area contributed by atoms with E-state index in [4.69, 9.17) is 11.6 Å². The quantitative estimate of drug-likeness (QED) is 0.556. The Morgan fingerprint density at radius 2 is 1.88 bits per heavy atom. The van der Waals surface area contributed by atoms with E-state index in [1.807, 2.05) is 63.2 Å². The molecular formula is C24H28ClN5O2. The van der Waals surface area contributed by atoms with Crippen molar-refractivity contribution in [1.82, 2.24) is 25.2 Å². The van der Waals surface area contributed by atoms with Crippen LogP contribution in [0.4, 0.5) is 0 Å². The van der Waals surface area contributed by atoms with Crippen LogP contribution >= 0.6 is 11.6 Å². The van der Waals surface area contributed by atoms with Crippen LogP contribution in [0.1, 0.15) is 51.6 Å². The van der Waals surface area contributed by atoms with E-state index in [0.29, 0.717) is 10.6 Å². The number of amides is 2. The Balaban J connectivity index is 1.70. The molecule has 4 rings (SSSR count). The van der Waals surface area contributed by atoms with Crippen LogP contribution in [-0.2, 0) is 16.1 Å². The zero-order chi connectivity index (χ0) is 22.9. The molecule has 7 nitrogen and oxygen atoms in total. The van der Waals surface area contributed by atoms with E-state index >= 15 is 0 Å². The van der Waals surface area contributed by atoms with Crippen molar-refractivity contribution < 1.29 is 9.59 Å². The van der Waals surface area contributed by atoms with E-state index < -0.39 is 11.6 Å². The molecule has 1 unspecified atom stereocenters. The molecule has 0 bridgehead atoms. The standard InChI is InChI=1S/C24H28ClN5O2/c1-4-24(2,3)26-23(32)22(17-9-5-6-10-18(17)25)30(16-13-14-16)21(31)15-29-20-12-8-7-11-19(20)27-28-29/h5-12,16,22H,4,13-15H2,1-3H3,(H,26,32). The van der Waals surface area contributed by atoms with Gasteiger partial charge in [-0.15, -0.1) is 5.10 Å². The average molecular weight is 454 g/mol. The van der Waals surface area contributed by atoms with Crippen LogP contribution in [0.3, 0.4) is 0 Å². The Hall–Kier alpha value is -2.93. The summed E-state index contributed by atoms with van der Waals surface area (Å²) in [4.78, 5) is 28.9. The van der Waals surface area contributed by atoms with E-state index in [0.717, 1.165) is 30.3 Å². The second kappa shape index (κ2) is 8.90.